The lowest BCUT2D eigenvalue weighted by atomic mass is 10.1. The Morgan fingerprint density at radius 1 is 1.39 bits per heavy atom. The fraction of sp³-hybridized carbons (Fsp3) is 0.538. The van der Waals surface area contributed by atoms with Gasteiger partial charge in [-0.1, -0.05) is 24.3 Å². The molecular formula is C13H19FN2OS. The van der Waals surface area contributed by atoms with Gasteiger partial charge in [-0.2, -0.15) is 4.39 Å². The Kier molecular flexibility index (Phi) is 4.87. The first-order valence-corrected chi connectivity index (χ1v) is 6.95. The lowest BCUT2D eigenvalue weighted by molar-refractivity contribution is 0.555. The molecule has 0 N–H and O–H groups in total. The SMILES string of the molecule is CC(C)c1ccc(/C=N/[S+]([O-])C(C)(C)C)nc1F. The van der Waals surface area contributed by atoms with Crippen molar-refractivity contribution in [2.24, 2.45) is 4.40 Å². The zero-order valence-corrected chi connectivity index (χ0v) is 12.2. The molecule has 1 unspecified atom stereocenters. The first-order valence-electron chi connectivity index (χ1n) is 5.84. The van der Waals surface area contributed by atoms with E-state index in [4.69, 9.17) is 0 Å². The van der Waals surface area contributed by atoms with E-state index in [1.165, 1.54) is 6.21 Å². The van der Waals surface area contributed by atoms with Crippen LogP contribution in [0.3, 0.4) is 0 Å². The van der Waals surface area contributed by atoms with Crippen LogP contribution in [0.15, 0.2) is 16.5 Å². The summed E-state index contributed by atoms with van der Waals surface area (Å²) in [6.07, 6.45) is 1.36. The van der Waals surface area contributed by atoms with Gasteiger partial charge in [-0.15, -0.1) is 0 Å². The smallest absolute Gasteiger partial charge is 0.216 e. The number of hydrogen-bond acceptors (Lipinski definition) is 3. The molecule has 0 spiro atoms. The highest BCUT2D eigenvalue weighted by Gasteiger charge is 2.25. The standard InChI is InChI=1S/C13H19FN2OS/c1-9(2)11-7-6-10(16-12(11)14)8-15-18(17)13(3,4)5/h6-9H,1-5H3/b15-8+. The highest BCUT2D eigenvalue weighted by Crippen LogP contribution is 2.18. The highest BCUT2D eigenvalue weighted by molar-refractivity contribution is 7.91. The second-order valence-corrected chi connectivity index (χ2v) is 7.30. The summed E-state index contributed by atoms with van der Waals surface area (Å²) in [6.45, 7) is 9.30. The molecule has 0 saturated heterocycles. The second kappa shape index (κ2) is 5.80. The molecule has 1 aromatic rings. The van der Waals surface area contributed by atoms with E-state index in [-0.39, 0.29) is 5.92 Å². The van der Waals surface area contributed by atoms with E-state index in [0.29, 0.717) is 11.3 Å². The van der Waals surface area contributed by atoms with E-state index in [9.17, 15) is 8.94 Å². The summed E-state index contributed by atoms with van der Waals surface area (Å²) in [6, 6.07) is 3.37. The van der Waals surface area contributed by atoms with Gasteiger partial charge in [-0.05, 0) is 32.8 Å². The van der Waals surface area contributed by atoms with Gasteiger partial charge in [0.2, 0.25) is 5.95 Å². The van der Waals surface area contributed by atoms with Crippen LogP contribution < -0.4 is 0 Å². The van der Waals surface area contributed by atoms with Crippen molar-refractivity contribution in [2.75, 3.05) is 0 Å². The molecule has 0 bridgehead atoms. The van der Waals surface area contributed by atoms with Crippen molar-refractivity contribution in [1.29, 1.82) is 0 Å². The number of pyridine rings is 1. The minimum atomic E-state index is -1.35. The molecule has 0 fully saturated rings. The van der Waals surface area contributed by atoms with Crippen LogP contribution in [0.25, 0.3) is 0 Å². The third-order valence-electron chi connectivity index (χ3n) is 2.33. The molecule has 1 atom stereocenters. The van der Waals surface area contributed by atoms with Gasteiger partial charge in [0.1, 0.15) is 22.3 Å². The summed E-state index contributed by atoms with van der Waals surface area (Å²) in [5, 5.41) is 0. The Hall–Kier alpha value is -0.940. The van der Waals surface area contributed by atoms with Gasteiger partial charge >= 0.3 is 0 Å². The van der Waals surface area contributed by atoms with Gasteiger partial charge in [-0.3, -0.25) is 0 Å². The van der Waals surface area contributed by atoms with Crippen LogP contribution in [-0.4, -0.2) is 20.5 Å². The topological polar surface area (TPSA) is 48.3 Å². The molecule has 5 heteroatoms. The Balaban J connectivity index is 2.87. The van der Waals surface area contributed by atoms with Gasteiger partial charge in [0, 0.05) is 5.56 Å². The summed E-state index contributed by atoms with van der Waals surface area (Å²) in [5.41, 5.74) is 0.957. The fourth-order valence-electron chi connectivity index (χ4n) is 1.22. The van der Waals surface area contributed by atoms with E-state index < -0.39 is 22.1 Å². The van der Waals surface area contributed by atoms with Crippen molar-refractivity contribution < 1.29 is 8.94 Å². The molecular weight excluding hydrogens is 251 g/mol. The Morgan fingerprint density at radius 2 is 2.00 bits per heavy atom. The van der Waals surface area contributed by atoms with Crippen LogP contribution in [0.4, 0.5) is 4.39 Å². The molecule has 1 aromatic heterocycles. The highest BCUT2D eigenvalue weighted by atomic mass is 32.2. The quantitative estimate of drug-likeness (QED) is 0.481. The molecule has 0 saturated carbocycles. The lowest BCUT2D eigenvalue weighted by Crippen LogP contribution is -2.25. The molecule has 1 heterocycles. The van der Waals surface area contributed by atoms with Gasteiger partial charge in [-0.25, -0.2) is 4.98 Å². The Bertz CT molecular complexity index is 441. The molecule has 18 heavy (non-hydrogen) atoms. The van der Waals surface area contributed by atoms with E-state index in [1.54, 1.807) is 12.1 Å². The van der Waals surface area contributed by atoms with Gasteiger partial charge in [0.25, 0.3) is 0 Å². The largest absolute Gasteiger partial charge is 0.591 e. The maximum atomic E-state index is 13.6. The van der Waals surface area contributed by atoms with Crippen molar-refractivity contribution in [3.05, 3.63) is 29.3 Å². The molecule has 0 aliphatic heterocycles. The fourth-order valence-corrected chi connectivity index (χ4v) is 1.74. The third kappa shape index (κ3) is 4.07. The molecule has 3 nitrogen and oxygen atoms in total. The number of rotatable bonds is 3. The molecule has 0 aromatic carbocycles. The van der Waals surface area contributed by atoms with Gasteiger partial charge in [0.05, 0.1) is 5.69 Å². The third-order valence-corrected chi connectivity index (χ3v) is 3.67. The van der Waals surface area contributed by atoms with Crippen LogP contribution >= 0.6 is 0 Å². The van der Waals surface area contributed by atoms with Crippen molar-refractivity contribution in [3.8, 4) is 0 Å². The van der Waals surface area contributed by atoms with E-state index in [0.717, 1.165) is 0 Å². The molecule has 1 rings (SSSR count). The van der Waals surface area contributed by atoms with Crippen LogP contribution in [0.1, 0.15) is 51.8 Å². The molecule has 0 aliphatic carbocycles. The maximum absolute atomic E-state index is 13.6. The number of hydrogen-bond donors (Lipinski definition) is 0. The summed E-state index contributed by atoms with van der Waals surface area (Å²) < 4.78 is 28.8. The lowest BCUT2D eigenvalue weighted by Gasteiger charge is -2.17. The molecule has 0 aliphatic rings. The Morgan fingerprint density at radius 3 is 2.44 bits per heavy atom. The van der Waals surface area contributed by atoms with Crippen molar-refractivity contribution >= 4 is 17.6 Å². The molecule has 100 valence electrons. The first-order chi connectivity index (χ1) is 8.21. The number of halogens is 1. The van der Waals surface area contributed by atoms with Gasteiger partial charge in [0.15, 0.2) is 0 Å². The average molecular weight is 270 g/mol. The van der Waals surface area contributed by atoms with Crippen LogP contribution in [0.2, 0.25) is 0 Å². The average Bonchev–Trinajstić information content (AvgIpc) is 2.24. The summed E-state index contributed by atoms with van der Waals surface area (Å²) in [4.78, 5) is 3.80. The summed E-state index contributed by atoms with van der Waals surface area (Å²) >= 11 is -1.35. The van der Waals surface area contributed by atoms with Crippen molar-refractivity contribution in [2.45, 2.75) is 45.3 Å². The number of aromatic nitrogens is 1. The zero-order chi connectivity index (χ0) is 13.9. The molecule has 0 amide bonds. The van der Waals surface area contributed by atoms with Gasteiger partial charge < -0.3 is 4.55 Å². The summed E-state index contributed by atoms with van der Waals surface area (Å²) in [7, 11) is 0. The van der Waals surface area contributed by atoms with Crippen molar-refractivity contribution in [3.63, 3.8) is 0 Å². The second-order valence-electron chi connectivity index (χ2n) is 5.37. The van der Waals surface area contributed by atoms with E-state index in [1.807, 2.05) is 34.6 Å². The van der Waals surface area contributed by atoms with Crippen LogP contribution in [0, 0.1) is 5.95 Å². The Labute approximate surface area is 111 Å². The predicted octanol–water partition coefficient (Wildman–Crippen LogP) is 3.23. The normalized spacial score (nSPS) is 14.4. The zero-order valence-electron chi connectivity index (χ0n) is 11.4. The predicted molar refractivity (Wildman–Crippen MR) is 73.8 cm³/mol. The van der Waals surface area contributed by atoms with Crippen LogP contribution in [0.5, 0.6) is 0 Å². The molecule has 0 radical (unpaired) electrons. The first kappa shape index (κ1) is 15.1. The minimum Gasteiger partial charge on any atom is -0.591 e. The van der Waals surface area contributed by atoms with E-state index >= 15 is 0 Å². The summed E-state index contributed by atoms with van der Waals surface area (Å²) in [5.74, 6) is -0.400. The van der Waals surface area contributed by atoms with Crippen molar-refractivity contribution in [1.82, 2.24) is 4.98 Å². The minimum absolute atomic E-state index is 0.0900. The van der Waals surface area contributed by atoms with Crippen LogP contribution in [-0.2, 0) is 11.4 Å². The maximum Gasteiger partial charge on any atom is 0.216 e. The monoisotopic (exact) mass is 270 g/mol. The van der Waals surface area contributed by atoms with E-state index in [2.05, 4.69) is 9.38 Å². The number of nitrogens with zero attached hydrogens (tertiary/aromatic N) is 2.